The highest BCUT2D eigenvalue weighted by molar-refractivity contribution is 5.78. The minimum atomic E-state index is -0.485. The quantitative estimate of drug-likeness (QED) is 0.702. The third-order valence-corrected chi connectivity index (χ3v) is 2.56. The lowest BCUT2D eigenvalue weighted by Gasteiger charge is -2.01. The summed E-state index contributed by atoms with van der Waals surface area (Å²) in [6.45, 7) is -0.210. The Morgan fingerprint density at radius 3 is 3.06 bits per heavy atom. The number of nitrogens with one attached hydrogen (secondary N) is 1. The van der Waals surface area contributed by atoms with Crippen LogP contribution in [0, 0.1) is 0 Å². The van der Waals surface area contributed by atoms with Crippen LogP contribution in [0.3, 0.4) is 0 Å². The van der Waals surface area contributed by atoms with Crippen LogP contribution in [0.5, 0.6) is 0 Å². The van der Waals surface area contributed by atoms with Crippen LogP contribution >= 0.6 is 0 Å². The van der Waals surface area contributed by atoms with Crippen LogP contribution in [0.25, 0.3) is 22.4 Å². The summed E-state index contributed by atoms with van der Waals surface area (Å²) in [6, 6.07) is 6.99. The molecule has 2 N–H and O–H groups in total. The van der Waals surface area contributed by atoms with Crippen LogP contribution < -0.4 is 5.76 Å². The van der Waals surface area contributed by atoms with Crippen molar-refractivity contribution in [2.24, 2.45) is 0 Å². The Balaban J connectivity index is 2.15. The number of aromatic nitrogens is 3. The third kappa shape index (κ3) is 1.78. The third-order valence-electron chi connectivity index (χ3n) is 2.56. The number of rotatable bonds is 2. The van der Waals surface area contributed by atoms with Crippen molar-refractivity contribution in [3.05, 3.63) is 46.8 Å². The number of H-pyrrole nitrogens is 1. The average Bonchev–Trinajstić information content (AvgIpc) is 2.77. The number of aliphatic hydroxyl groups excluding tert-OH is 1. The molecule has 0 saturated carbocycles. The van der Waals surface area contributed by atoms with Crippen LogP contribution in [-0.2, 0) is 6.61 Å². The van der Waals surface area contributed by atoms with Gasteiger partial charge in [-0.2, -0.15) is 0 Å². The molecule has 0 atom stereocenters. The van der Waals surface area contributed by atoms with E-state index in [9.17, 15) is 4.79 Å². The maximum atomic E-state index is 11.1. The molecule has 2 heterocycles. The van der Waals surface area contributed by atoms with Gasteiger partial charge in [0.25, 0.3) is 0 Å². The molecule has 1 aromatic carbocycles. The molecule has 3 aromatic rings. The zero-order valence-electron chi connectivity index (χ0n) is 9.25. The van der Waals surface area contributed by atoms with E-state index in [1.54, 1.807) is 30.5 Å². The Bertz CT molecular complexity index is 760. The van der Waals surface area contributed by atoms with Crippen LogP contribution in [0.2, 0.25) is 0 Å². The predicted molar refractivity (Wildman–Crippen MR) is 63.8 cm³/mol. The second kappa shape index (κ2) is 4.08. The van der Waals surface area contributed by atoms with Crippen LogP contribution in [0.4, 0.5) is 0 Å². The molecule has 0 unspecified atom stereocenters. The van der Waals surface area contributed by atoms with Crippen molar-refractivity contribution in [3.63, 3.8) is 0 Å². The van der Waals surface area contributed by atoms with Gasteiger partial charge in [-0.25, -0.2) is 14.8 Å². The number of aromatic amines is 1. The van der Waals surface area contributed by atoms with Gasteiger partial charge in [-0.3, -0.25) is 4.98 Å². The molecule has 0 amide bonds. The Morgan fingerprint density at radius 1 is 1.33 bits per heavy atom. The van der Waals surface area contributed by atoms with Crippen molar-refractivity contribution >= 4 is 11.1 Å². The molecule has 0 saturated heterocycles. The molecule has 0 radical (unpaired) electrons. The number of hydrogen-bond donors (Lipinski definition) is 2. The SMILES string of the molecule is O=c1[nH]c2cc(-c3ccnc(CO)n3)ccc2o1. The number of fused-ring (bicyclic) bond motifs is 1. The fourth-order valence-corrected chi connectivity index (χ4v) is 1.75. The van der Waals surface area contributed by atoms with E-state index >= 15 is 0 Å². The van der Waals surface area contributed by atoms with E-state index in [2.05, 4.69) is 15.0 Å². The zero-order chi connectivity index (χ0) is 12.5. The summed E-state index contributed by atoms with van der Waals surface area (Å²) in [7, 11) is 0. The standard InChI is InChI=1S/C12H9N3O3/c16-6-11-13-4-3-8(14-11)7-1-2-10-9(5-7)15-12(17)18-10/h1-5,16H,6H2,(H,15,17). The second-order valence-electron chi connectivity index (χ2n) is 3.74. The number of aliphatic hydroxyl groups is 1. The number of nitrogens with zero attached hydrogens (tertiary/aromatic N) is 2. The predicted octanol–water partition coefficient (Wildman–Crippen LogP) is 1.07. The molecule has 6 heteroatoms. The van der Waals surface area contributed by atoms with E-state index in [0.717, 1.165) is 5.56 Å². The van der Waals surface area contributed by atoms with Gasteiger partial charge in [0.1, 0.15) is 6.61 Å². The summed E-state index contributed by atoms with van der Waals surface area (Å²) >= 11 is 0. The number of benzene rings is 1. The molecule has 0 bridgehead atoms. The second-order valence-corrected chi connectivity index (χ2v) is 3.74. The molecule has 6 nitrogen and oxygen atoms in total. The molecule has 90 valence electrons. The molecule has 0 fully saturated rings. The summed E-state index contributed by atoms with van der Waals surface area (Å²) in [5.74, 6) is -0.130. The summed E-state index contributed by atoms with van der Waals surface area (Å²) < 4.78 is 4.92. The van der Waals surface area contributed by atoms with Crippen molar-refractivity contribution in [3.8, 4) is 11.3 Å². The lowest BCUT2D eigenvalue weighted by molar-refractivity contribution is 0.271. The van der Waals surface area contributed by atoms with E-state index < -0.39 is 5.76 Å². The molecule has 18 heavy (non-hydrogen) atoms. The Labute approximate surface area is 101 Å². The highest BCUT2D eigenvalue weighted by atomic mass is 16.4. The monoisotopic (exact) mass is 243 g/mol. The zero-order valence-corrected chi connectivity index (χ0v) is 9.25. The van der Waals surface area contributed by atoms with Crippen molar-refractivity contribution in [1.82, 2.24) is 15.0 Å². The Morgan fingerprint density at radius 2 is 2.22 bits per heavy atom. The lowest BCUT2D eigenvalue weighted by Crippen LogP contribution is -1.95. The van der Waals surface area contributed by atoms with E-state index in [4.69, 9.17) is 9.52 Å². The summed E-state index contributed by atoms with van der Waals surface area (Å²) in [5, 5.41) is 9.00. The first kappa shape index (κ1) is 10.7. The van der Waals surface area contributed by atoms with Crippen molar-refractivity contribution < 1.29 is 9.52 Å². The molecule has 0 aliphatic rings. The fraction of sp³-hybridized carbons (Fsp3) is 0.0833. The maximum absolute atomic E-state index is 11.1. The van der Waals surface area contributed by atoms with E-state index in [1.807, 2.05) is 0 Å². The first-order chi connectivity index (χ1) is 8.76. The Kier molecular flexibility index (Phi) is 2.42. The van der Waals surface area contributed by atoms with E-state index in [-0.39, 0.29) is 6.61 Å². The largest absolute Gasteiger partial charge is 0.417 e. The molecule has 0 aliphatic heterocycles. The van der Waals surface area contributed by atoms with Crippen molar-refractivity contribution in [2.75, 3.05) is 0 Å². The molecule has 3 rings (SSSR count). The van der Waals surface area contributed by atoms with Gasteiger partial charge >= 0.3 is 5.76 Å². The molecular weight excluding hydrogens is 234 g/mol. The lowest BCUT2D eigenvalue weighted by atomic mass is 10.1. The molecule has 0 spiro atoms. The van der Waals surface area contributed by atoms with Crippen LogP contribution in [0.1, 0.15) is 5.82 Å². The van der Waals surface area contributed by atoms with Crippen LogP contribution in [-0.4, -0.2) is 20.1 Å². The number of hydrogen-bond acceptors (Lipinski definition) is 5. The first-order valence-corrected chi connectivity index (χ1v) is 5.32. The van der Waals surface area contributed by atoms with Crippen molar-refractivity contribution in [1.29, 1.82) is 0 Å². The highest BCUT2D eigenvalue weighted by Gasteiger charge is 2.05. The maximum Gasteiger partial charge on any atom is 0.417 e. The van der Waals surface area contributed by atoms with Gasteiger partial charge in [-0.15, -0.1) is 0 Å². The van der Waals surface area contributed by atoms with Gasteiger partial charge < -0.3 is 9.52 Å². The summed E-state index contributed by atoms with van der Waals surface area (Å²) in [4.78, 5) is 21.7. The summed E-state index contributed by atoms with van der Waals surface area (Å²) in [5.41, 5.74) is 2.61. The van der Waals surface area contributed by atoms with Gasteiger partial charge in [-0.05, 0) is 24.3 Å². The fourth-order valence-electron chi connectivity index (χ4n) is 1.75. The van der Waals surface area contributed by atoms with Crippen molar-refractivity contribution in [2.45, 2.75) is 6.61 Å². The van der Waals surface area contributed by atoms with Gasteiger partial charge in [0.2, 0.25) is 0 Å². The first-order valence-electron chi connectivity index (χ1n) is 5.32. The van der Waals surface area contributed by atoms with E-state index in [1.165, 1.54) is 0 Å². The van der Waals surface area contributed by atoms with Gasteiger partial charge in [0.15, 0.2) is 11.4 Å². The number of oxazole rings is 1. The minimum absolute atomic E-state index is 0.210. The summed E-state index contributed by atoms with van der Waals surface area (Å²) in [6.07, 6.45) is 1.58. The smallest absolute Gasteiger partial charge is 0.408 e. The topological polar surface area (TPSA) is 92.0 Å². The van der Waals surface area contributed by atoms with Gasteiger partial charge in [0, 0.05) is 11.8 Å². The molecule has 2 aromatic heterocycles. The minimum Gasteiger partial charge on any atom is -0.408 e. The molecular formula is C12H9N3O3. The Hall–Kier alpha value is -2.47. The normalized spacial score (nSPS) is 10.9. The van der Waals surface area contributed by atoms with Gasteiger partial charge in [0.05, 0.1) is 11.2 Å². The molecule has 0 aliphatic carbocycles. The van der Waals surface area contributed by atoms with E-state index in [0.29, 0.717) is 22.6 Å². The highest BCUT2D eigenvalue weighted by Crippen LogP contribution is 2.21. The average molecular weight is 243 g/mol. The van der Waals surface area contributed by atoms with Crippen LogP contribution in [0.15, 0.2) is 39.7 Å². The van der Waals surface area contributed by atoms with Gasteiger partial charge in [-0.1, -0.05) is 0 Å².